The van der Waals surface area contributed by atoms with Crippen LogP contribution in [0, 0.1) is 11.6 Å². The molecule has 2 rings (SSSR count). The molecular formula is C20H23F2NO2. The largest absolute Gasteiger partial charge is 0.483 e. The van der Waals surface area contributed by atoms with E-state index in [1.165, 1.54) is 12.1 Å². The number of carbonyl (C=O) groups is 1. The Kier molecular flexibility index (Phi) is 6.51. The van der Waals surface area contributed by atoms with Crippen LogP contribution in [-0.2, 0) is 4.79 Å². The Morgan fingerprint density at radius 3 is 2.52 bits per heavy atom. The number of benzene rings is 2. The van der Waals surface area contributed by atoms with E-state index < -0.39 is 17.7 Å². The van der Waals surface area contributed by atoms with Crippen molar-refractivity contribution in [3.05, 3.63) is 65.2 Å². The van der Waals surface area contributed by atoms with Crippen LogP contribution in [0.25, 0.3) is 0 Å². The van der Waals surface area contributed by atoms with Gasteiger partial charge in [-0.05, 0) is 37.0 Å². The summed E-state index contributed by atoms with van der Waals surface area (Å²) < 4.78 is 32.4. The monoisotopic (exact) mass is 347 g/mol. The molecule has 1 N–H and O–H groups in total. The standard InChI is InChI=1S/C20H23F2NO2/c1-4-13(2)16-7-5-6-8-19(16)25-12-20(24)23-14(3)17-10-9-15(21)11-18(17)22/h5-11,13-14H,4,12H2,1-3H3,(H,23,24). The first-order chi connectivity index (χ1) is 11.9. The summed E-state index contributed by atoms with van der Waals surface area (Å²) in [4.78, 5) is 12.1. The highest BCUT2D eigenvalue weighted by Gasteiger charge is 2.16. The number of carbonyl (C=O) groups excluding carboxylic acids is 1. The molecule has 0 aliphatic carbocycles. The molecular weight excluding hydrogens is 324 g/mol. The first kappa shape index (κ1) is 18.9. The normalized spacial score (nSPS) is 13.2. The molecule has 3 nitrogen and oxygen atoms in total. The summed E-state index contributed by atoms with van der Waals surface area (Å²) in [6, 6.07) is 10.3. The van der Waals surface area contributed by atoms with Gasteiger partial charge in [0.05, 0.1) is 6.04 Å². The Balaban J connectivity index is 1.97. The van der Waals surface area contributed by atoms with Crippen LogP contribution in [0.1, 0.15) is 50.3 Å². The van der Waals surface area contributed by atoms with Crippen LogP contribution in [0.4, 0.5) is 8.78 Å². The van der Waals surface area contributed by atoms with Crippen molar-refractivity contribution < 1.29 is 18.3 Å². The van der Waals surface area contributed by atoms with Gasteiger partial charge in [-0.3, -0.25) is 4.79 Å². The molecule has 0 radical (unpaired) electrons. The van der Waals surface area contributed by atoms with Crippen LogP contribution in [-0.4, -0.2) is 12.5 Å². The highest BCUT2D eigenvalue weighted by molar-refractivity contribution is 5.78. The van der Waals surface area contributed by atoms with Gasteiger partial charge in [-0.15, -0.1) is 0 Å². The van der Waals surface area contributed by atoms with Crippen molar-refractivity contribution in [1.29, 1.82) is 0 Å². The van der Waals surface area contributed by atoms with Gasteiger partial charge in [0.2, 0.25) is 0 Å². The van der Waals surface area contributed by atoms with E-state index in [0.29, 0.717) is 11.7 Å². The molecule has 0 saturated heterocycles. The first-order valence-electron chi connectivity index (χ1n) is 8.38. The lowest BCUT2D eigenvalue weighted by Gasteiger charge is -2.17. The van der Waals surface area contributed by atoms with Gasteiger partial charge in [0.15, 0.2) is 6.61 Å². The molecule has 0 aromatic heterocycles. The minimum absolute atomic E-state index is 0.166. The second-order valence-corrected chi connectivity index (χ2v) is 6.09. The number of para-hydroxylation sites is 1. The predicted molar refractivity (Wildman–Crippen MR) is 93.6 cm³/mol. The molecule has 2 aromatic carbocycles. The number of ether oxygens (including phenoxy) is 1. The van der Waals surface area contributed by atoms with Crippen LogP contribution in [0.5, 0.6) is 5.75 Å². The zero-order chi connectivity index (χ0) is 18.4. The van der Waals surface area contributed by atoms with Gasteiger partial charge >= 0.3 is 0 Å². The van der Waals surface area contributed by atoms with Crippen molar-refractivity contribution in [2.24, 2.45) is 0 Å². The molecule has 0 aliphatic heterocycles. The first-order valence-corrected chi connectivity index (χ1v) is 8.38. The fraction of sp³-hybridized carbons (Fsp3) is 0.350. The van der Waals surface area contributed by atoms with E-state index in [4.69, 9.17) is 4.74 Å². The third-order valence-corrected chi connectivity index (χ3v) is 4.23. The lowest BCUT2D eigenvalue weighted by Crippen LogP contribution is -2.31. The second-order valence-electron chi connectivity index (χ2n) is 6.09. The molecule has 0 spiro atoms. The van der Waals surface area contributed by atoms with Crippen molar-refractivity contribution in [2.45, 2.75) is 39.2 Å². The third-order valence-electron chi connectivity index (χ3n) is 4.23. The van der Waals surface area contributed by atoms with E-state index >= 15 is 0 Å². The summed E-state index contributed by atoms with van der Waals surface area (Å²) in [5.74, 6) is -0.699. The van der Waals surface area contributed by atoms with Gasteiger partial charge in [0, 0.05) is 11.6 Å². The number of amides is 1. The minimum Gasteiger partial charge on any atom is -0.483 e. The molecule has 0 aliphatic rings. The number of hydrogen-bond donors (Lipinski definition) is 1. The Morgan fingerprint density at radius 1 is 1.12 bits per heavy atom. The van der Waals surface area contributed by atoms with Gasteiger partial charge in [-0.2, -0.15) is 0 Å². The van der Waals surface area contributed by atoms with E-state index in [0.717, 1.165) is 18.1 Å². The summed E-state index contributed by atoms with van der Waals surface area (Å²) in [5.41, 5.74) is 1.28. The van der Waals surface area contributed by atoms with E-state index in [2.05, 4.69) is 19.2 Å². The summed E-state index contributed by atoms with van der Waals surface area (Å²) in [6.45, 7) is 5.66. The Morgan fingerprint density at radius 2 is 1.84 bits per heavy atom. The Labute approximate surface area is 147 Å². The van der Waals surface area contributed by atoms with Crippen molar-refractivity contribution in [2.75, 3.05) is 6.61 Å². The fourth-order valence-electron chi connectivity index (χ4n) is 2.60. The van der Waals surface area contributed by atoms with Gasteiger partial charge in [-0.1, -0.05) is 38.1 Å². The van der Waals surface area contributed by atoms with Crippen LogP contribution < -0.4 is 10.1 Å². The molecule has 2 atom stereocenters. The molecule has 2 unspecified atom stereocenters. The number of rotatable bonds is 7. The van der Waals surface area contributed by atoms with Gasteiger partial charge < -0.3 is 10.1 Å². The SMILES string of the molecule is CCC(C)c1ccccc1OCC(=O)NC(C)c1ccc(F)cc1F. The molecule has 134 valence electrons. The number of nitrogens with one attached hydrogen (secondary N) is 1. The molecule has 0 fully saturated rings. The molecule has 25 heavy (non-hydrogen) atoms. The lowest BCUT2D eigenvalue weighted by molar-refractivity contribution is -0.123. The quantitative estimate of drug-likeness (QED) is 0.786. The summed E-state index contributed by atoms with van der Waals surface area (Å²) in [7, 11) is 0. The highest BCUT2D eigenvalue weighted by Crippen LogP contribution is 2.28. The van der Waals surface area contributed by atoms with E-state index in [1.54, 1.807) is 6.92 Å². The Hall–Kier alpha value is -2.43. The topological polar surface area (TPSA) is 38.3 Å². The summed E-state index contributed by atoms with van der Waals surface area (Å²) >= 11 is 0. The van der Waals surface area contributed by atoms with Crippen molar-refractivity contribution in [3.63, 3.8) is 0 Å². The van der Waals surface area contributed by atoms with Gasteiger partial charge in [-0.25, -0.2) is 8.78 Å². The molecule has 0 saturated carbocycles. The molecule has 1 amide bonds. The average molecular weight is 347 g/mol. The van der Waals surface area contributed by atoms with E-state index in [9.17, 15) is 13.6 Å². The van der Waals surface area contributed by atoms with Crippen LogP contribution in [0.15, 0.2) is 42.5 Å². The third kappa shape index (κ3) is 5.02. The molecule has 5 heteroatoms. The Bertz CT molecular complexity index is 733. The molecule has 0 bridgehead atoms. The van der Waals surface area contributed by atoms with Gasteiger partial charge in [0.1, 0.15) is 17.4 Å². The fourth-order valence-corrected chi connectivity index (χ4v) is 2.60. The molecule has 2 aromatic rings. The van der Waals surface area contributed by atoms with Crippen molar-refractivity contribution >= 4 is 5.91 Å². The molecule has 0 heterocycles. The zero-order valence-electron chi connectivity index (χ0n) is 14.7. The number of hydrogen-bond acceptors (Lipinski definition) is 2. The van der Waals surface area contributed by atoms with E-state index in [-0.39, 0.29) is 18.1 Å². The summed E-state index contributed by atoms with van der Waals surface area (Å²) in [6.07, 6.45) is 0.966. The van der Waals surface area contributed by atoms with Crippen LogP contribution in [0.2, 0.25) is 0 Å². The van der Waals surface area contributed by atoms with Gasteiger partial charge in [0.25, 0.3) is 5.91 Å². The average Bonchev–Trinajstić information content (AvgIpc) is 2.59. The van der Waals surface area contributed by atoms with Crippen molar-refractivity contribution in [1.82, 2.24) is 5.32 Å². The van der Waals surface area contributed by atoms with Crippen LogP contribution >= 0.6 is 0 Å². The maximum absolute atomic E-state index is 13.8. The zero-order valence-corrected chi connectivity index (χ0v) is 14.7. The van der Waals surface area contributed by atoms with Crippen molar-refractivity contribution in [3.8, 4) is 5.75 Å². The minimum atomic E-state index is -0.684. The highest BCUT2D eigenvalue weighted by atomic mass is 19.1. The summed E-state index contributed by atoms with van der Waals surface area (Å²) in [5, 5.41) is 2.66. The number of halogens is 2. The lowest BCUT2D eigenvalue weighted by atomic mass is 9.98. The smallest absolute Gasteiger partial charge is 0.258 e. The predicted octanol–water partition coefficient (Wildman–Crippen LogP) is 4.73. The van der Waals surface area contributed by atoms with Crippen LogP contribution in [0.3, 0.4) is 0 Å². The maximum Gasteiger partial charge on any atom is 0.258 e. The second kappa shape index (κ2) is 8.60. The maximum atomic E-state index is 13.8. The van der Waals surface area contributed by atoms with E-state index in [1.807, 2.05) is 24.3 Å².